The van der Waals surface area contributed by atoms with Crippen LogP contribution in [0.15, 0.2) is 27.6 Å². The summed E-state index contributed by atoms with van der Waals surface area (Å²) in [4.78, 5) is 12.8. The van der Waals surface area contributed by atoms with Crippen molar-refractivity contribution in [1.29, 1.82) is 0 Å². The highest BCUT2D eigenvalue weighted by atomic mass is 79.9. The van der Waals surface area contributed by atoms with Gasteiger partial charge in [0.1, 0.15) is 0 Å². The highest BCUT2D eigenvalue weighted by molar-refractivity contribution is 9.10. The molecule has 0 spiro atoms. The van der Waals surface area contributed by atoms with E-state index in [-0.39, 0.29) is 16.3 Å². The molecule has 1 fully saturated rings. The highest BCUT2D eigenvalue weighted by Gasteiger charge is 2.29. The van der Waals surface area contributed by atoms with Crippen molar-refractivity contribution in [2.75, 3.05) is 13.1 Å². The predicted molar refractivity (Wildman–Crippen MR) is 98.6 cm³/mol. The molecule has 24 heavy (non-hydrogen) atoms. The van der Waals surface area contributed by atoms with Gasteiger partial charge in [0.25, 0.3) is 5.91 Å². The second-order valence-corrected chi connectivity index (χ2v) is 9.63. The number of benzene rings is 1. The summed E-state index contributed by atoms with van der Waals surface area (Å²) in [6.45, 7) is 7.08. The Morgan fingerprint density at radius 3 is 2.50 bits per heavy atom. The van der Waals surface area contributed by atoms with Gasteiger partial charge in [-0.15, -0.1) is 0 Å². The van der Waals surface area contributed by atoms with Crippen molar-refractivity contribution in [2.45, 2.75) is 56.9 Å². The van der Waals surface area contributed by atoms with Gasteiger partial charge in [0, 0.05) is 23.1 Å². The summed E-state index contributed by atoms with van der Waals surface area (Å²) in [5, 5.41) is 2.99. The first kappa shape index (κ1) is 19.4. The molecule has 7 heteroatoms. The van der Waals surface area contributed by atoms with Gasteiger partial charge >= 0.3 is 0 Å². The first-order valence-electron chi connectivity index (χ1n) is 8.29. The Hall–Kier alpha value is -0.920. The van der Waals surface area contributed by atoms with E-state index < -0.39 is 10.0 Å². The van der Waals surface area contributed by atoms with Gasteiger partial charge in [-0.2, -0.15) is 4.31 Å². The van der Waals surface area contributed by atoms with Crippen LogP contribution in [0.1, 0.15) is 56.8 Å². The minimum Gasteiger partial charge on any atom is -0.347 e. The van der Waals surface area contributed by atoms with Gasteiger partial charge < -0.3 is 5.32 Å². The number of carbonyl (C=O) groups excluding carboxylic acids is 1. The number of hydrogen-bond donors (Lipinski definition) is 1. The number of rotatable bonds is 6. The van der Waals surface area contributed by atoms with Crippen molar-refractivity contribution in [1.82, 2.24) is 9.62 Å². The lowest BCUT2D eigenvalue weighted by Gasteiger charge is -2.26. The molecule has 1 heterocycles. The maximum Gasteiger partial charge on any atom is 0.252 e. The molecule has 134 valence electrons. The third-order valence-electron chi connectivity index (χ3n) is 4.21. The molecule has 0 saturated carbocycles. The SMILES string of the molecule is CCCC(C)(C)NC(=O)c1cc(S(=O)(=O)N2CCCC2)ccc1Br. The molecule has 0 radical (unpaired) electrons. The number of nitrogens with one attached hydrogen (secondary N) is 1. The fourth-order valence-electron chi connectivity index (χ4n) is 2.98. The number of sulfonamides is 1. The van der Waals surface area contributed by atoms with E-state index >= 15 is 0 Å². The normalized spacial score (nSPS) is 16.3. The van der Waals surface area contributed by atoms with Crippen molar-refractivity contribution in [3.8, 4) is 0 Å². The number of amides is 1. The van der Waals surface area contributed by atoms with Gasteiger partial charge in [-0.1, -0.05) is 13.3 Å². The summed E-state index contributed by atoms with van der Waals surface area (Å²) in [7, 11) is -3.53. The summed E-state index contributed by atoms with van der Waals surface area (Å²) in [5.74, 6) is -0.265. The Morgan fingerprint density at radius 1 is 1.29 bits per heavy atom. The number of nitrogens with zero attached hydrogens (tertiary/aromatic N) is 1. The lowest BCUT2D eigenvalue weighted by atomic mass is 9.98. The molecule has 5 nitrogen and oxygen atoms in total. The Labute approximate surface area is 153 Å². The lowest BCUT2D eigenvalue weighted by Crippen LogP contribution is -2.43. The van der Waals surface area contributed by atoms with Crippen molar-refractivity contribution < 1.29 is 13.2 Å². The maximum atomic E-state index is 12.7. The number of halogens is 1. The minimum absolute atomic E-state index is 0.172. The van der Waals surface area contributed by atoms with E-state index in [0.717, 1.165) is 25.7 Å². The molecule has 1 saturated heterocycles. The Morgan fingerprint density at radius 2 is 1.92 bits per heavy atom. The average molecular weight is 417 g/mol. The van der Waals surface area contributed by atoms with Crippen LogP contribution in [-0.2, 0) is 10.0 Å². The van der Waals surface area contributed by atoms with Crippen LogP contribution in [-0.4, -0.2) is 37.3 Å². The molecule has 2 rings (SSSR count). The molecule has 1 aliphatic heterocycles. The van der Waals surface area contributed by atoms with Crippen LogP contribution >= 0.6 is 15.9 Å². The maximum absolute atomic E-state index is 12.7. The highest BCUT2D eigenvalue weighted by Crippen LogP contribution is 2.26. The lowest BCUT2D eigenvalue weighted by molar-refractivity contribution is 0.0908. The van der Waals surface area contributed by atoms with Gasteiger partial charge in [-0.3, -0.25) is 4.79 Å². The summed E-state index contributed by atoms with van der Waals surface area (Å²) in [6, 6.07) is 4.64. The van der Waals surface area contributed by atoms with Crippen molar-refractivity contribution in [2.24, 2.45) is 0 Å². The molecular formula is C17H25BrN2O3S. The first-order valence-corrected chi connectivity index (χ1v) is 10.5. The zero-order valence-electron chi connectivity index (χ0n) is 14.4. The van der Waals surface area contributed by atoms with Crippen molar-refractivity contribution in [3.63, 3.8) is 0 Å². The molecule has 0 aromatic heterocycles. The zero-order chi connectivity index (χ0) is 18.0. The van der Waals surface area contributed by atoms with Crippen LogP contribution < -0.4 is 5.32 Å². The van der Waals surface area contributed by atoms with E-state index in [1.54, 1.807) is 12.1 Å². The van der Waals surface area contributed by atoms with E-state index in [1.807, 2.05) is 13.8 Å². The number of carbonyl (C=O) groups is 1. The quantitative estimate of drug-likeness (QED) is 0.770. The van der Waals surface area contributed by atoms with Gasteiger partial charge in [0.05, 0.1) is 10.5 Å². The number of hydrogen-bond acceptors (Lipinski definition) is 3. The molecule has 0 bridgehead atoms. The summed E-state index contributed by atoms with van der Waals surface area (Å²) in [6.07, 6.45) is 3.57. The monoisotopic (exact) mass is 416 g/mol. The molecule has 1 aliphatic rings. The minimum atomic E-state index is -3.53. The van der Waals surface area contributed by atoms with E-state index in [1.165, 1.54) is 10.4 Å². The topological polar surface area (TPSA) is 66.5 Å². The van der Waals surface area contributed by atoms with Crippen molar-refractivity contribution >= 4 is 31.9 Å². The Kier molecular flexibility index (Phi) is 6.09. The van der Waals surface area contributed by atoms with Gasteiger partial charge in [0.2, 0.25) is 10.0 Å². The van der Waals surface area contributed by atoms with E-state index in [4.69, 9.17) is 0 Å². The Bertz CT molecular complexity index is 711. The van der Waals surface area contributed by atoms with Crippen LogP contribution in [0.5, 0.6) is 0 Å². The second kappa shape index (κ2) is 7.54. The molecule has 1 aromatic carbocycles. The molecule has 1 aromatic rings. The fourth-order valence-corrected chi connectivity index (χ4v) is 4.95. The molecule has 1 N–H and O–H groups in total. The van der Waals surface area contributed by atoms with Crippen LogP contribution in [0.2, 0.25) is 0 Å². The van der Waals surface area contributed by atoms with Gasteiger partial charge in [-0.25, -0.2) is 8.42 Å². The largest absolute Gasteiger partial charge is 0.347 e. The molecule has 0 unspecified atom stereocenters. The molecule has 0 atom stereocenters. The zero-order valence-corrected chi connectivity index (χ0v) is 16.8. The molecule has 1 amide bonds. The van der Waals surface area contributed by atoms with Gasteiger partial charge in [-0.05, 0) is 67.2 Å². The standard InChI is InChI=1S/C17H25BrN2O3S/c1-4-9-17(2,3)19-16(21)14-12-13(7-8-15(14)18)24(22,23)20-10-5-6-11-20/h7-8,12H,4-6,9-11H2,1-3H3,(H,19,21). The first-order chi connectivity index (χ1) is 11.2. The van der Waals surface area contributed by atoms with Crippen LogP contribution in [0, 0.1) is 0 Å². The van der Waals surface area contributed by atoms with Crippen LogP contribution in [0.3, 0.4) is 0 Å². The third kappa shape index (κ3) is 4.37. The average Bonchev–Trinajstić information content (AvgIpc) is 3.01. The predicted octanol–water partition coefficient (Wildman–Crippen LogP) is 3.54. The summed E-state index contributed by atoms with van der Waals surface area (Å²) < 4.78 is 27.4. The molecular weight excluding hydrogens is 392 g/mol. The van der Waals surface area contributed by atoms with E-state index in [9.17, 15) is 13.2 Å². The van der Waals surface area contributed by atoms with Gasteiger partial charge in [0.15, 0.2) is 0 Å². The van der Waals surface area contributed by atoms with Crippen LogP contribution in [0.4, 0.5) is 0 Å². The summed E-state index contributed by atoms with van der Waals surface area (Å²) in [5.41, 5.74) is 0.00852. The summed E-state index contributed by atoms with van der Waals surface area (Å²) >= 11 is 3.36. The second-order valence-electron chi connectivity index (χ2n) is 6.84. The Balaban J connectivity index is 2.30. The van der Waals surface area contributed by atoms with E-state index in [2.05, 4.69) is 28.2 Å². The van der Waals surface area contributed by atoms with E-state index in [0.29, 0.717) is 23.1 Å². The molecule has 0 aliphatic carbocycles. The van der Waals surface area contributed by atoms with Crippen molar-refractivity contribution in [3.05, 3.63) is 28.2 Å². The smallest absolute Gasteiger partial charge is 0.252 e. The third-order valence-corrected chi connectivity index (χ3v) is 6.80. The van der Waals surface area contributed by atoms with Crippen LogP contribution in [0.25, 0.3) is 0 Å². The fraction of sp³-hybridized carbons (Fsp3) is 0.588.